The number of aliphatic hydroxyl groups is 4. The molecule has 570 valence electrons. The minimum Gasteiger partial charge on any atom is -0.392 e. The van der Waals surface area contributed by atoms with Crippen LogP contribution in [0.3, 0.4) is 0 Å². The van der Waals surface area contributed by atoms with Gasteiger partial charge in [-0.2, -0.15) is 33.7 Å². The number of aliphatic hydroxyl groups excluding tert-OH is 4. The van der Waals surface area contributed by atoms with Crippen LogP contribution in [-0.2, 0) is 40.5 Å². The van der Waals surface area contributed by atoms with E-state index in [9.17, 15) is 54.1 Å². The van der Waals surface area contributed by atoms with Gasteiger partial charge in [0.1, 0.15) is 0 Å². The number of aromatic nitrogens is 4. The molecule has 9 heterocycles. The second-order valence-corrected chi connectivity index (χ2v) is 32.5. The topological polar surface area (TPSA) is 369 Å². The van der Waals surface area contributed by atoms with Gasteiger partial charge < -0.3 is 50.0 Å². The molecule has 6 aliphatic rings. The SMILES string of the molecule is CC(O)CN1C=CC(c2c3nc(c(C4=CCN(CC(C)O)C=C4)c4ccc([nH]4)c(C4=CCN(CC(C)O)C=C4)c4nc(c(C5=CCN(CC(C)O)C=C5)c5ccc2[nH]5)C=C4)C=C3)=CC1.Cc1ccc(S(=O)(=O)O)cc1.Cc1ccc(S(=O)(=O)O)cc1.Cc1ccc(S(=O)(=O)O)cc1.Cc1ccc(S(=O)(=O)O)cc1. The normalized spacial score (nSPS) is 15.9. The van der Waals surface area contributed by atoms with Crippen molar-refractivity contribution in [1.82, 2.24) is 39.5 Å². The average molecular weight is 1550 g/mol. The number of rotatable bonds is 16. The standard InChI is InChI=1S/C52H58N8O4.4C7H8O3S/c1-33(61)29-57-21-13-37(14-22-57)49-41-5-7-43(53-41)50(38-15-23-58(24-16-38)30-34(2)62)45-9-11-47(55-45)52(40-19-27-60(28-20-40)32-36(4)64)48-12-10-46(56-48)51(44-8-6-42(49)54-44)39-17-25-59(26-18-39)31-35(3)63;4*1-6-2-4-7(5-3-6)11(8,9)10/h5-21,23,25,27,33-36,53,56,61-64H,22,24,26,28-32H2,1-4H3;4*2-5H,1H3,(H,8,9,10). The number of hydrogen-bond donors (Lipinski definition) is 10. The van der Waals surface area contributed by atoms with Gasteiger partial charge in [0, 0.05) is 121 Å². The Morgan fingerprint density at radius 3 is 0.648 bits per heavy atom. The Morgan fingerprint density at radius 2 is 0.500 bits per heavy atom. The van der Waals surface area contributed by atoms with Crippen molar-refractivity contribution >= 4 is 109 Å². The van der Waals surface area contributed by atoms with Crippen molar-refractivity contribution in [3.05, 3.63) is 262 Å². The maximum absolute atomic E-state index is 10.5. The summed E-state index contributed by atoms with van der Waals surface area (Å²) in [6.07, 6.45) is 32.0. The van der Waals surface area contributed by atoms with Crippen LogP contribution < -0.4 is 0 Å². The summed E-state index contributed by atoms with van der Waals surface area (Å²) >= 11 is 0. The van der Waals surface area contributed by atoms with Gasteiger partial charge in [-0.3, -0.25) is 18.2 Å². The quantitative estimate of drug-likeness (QED) is 0.0402. The van der Waals surface area contributed by atoms with Crippen molar-refractivity contribution in [1.29, 1.82) is 0 Å². The highest BCUT2D eigenvalue weighted by Crippen LogP contribution is 2.38. The van der Waals surface area contributed by atoms with Crippen molar-refractivity contribution in [2.75, 3.05) is 52.4 Å². The number of allylic oxidation sites excluding steroid dienone is 8. The molecule has 0 aliphatic carbocycles. The number of nitrogens with zero attached hydrogens (tertiary/aromatic N) is 6. The summed E-state index contributed by atoms with van der Waals surface area (Å²) in [4.78, 5) is 26.7. The third kappa shape index (κ3) is 23.1. The molecule has 0 amide bonds. The Bertz CT molecular complexity index is 4740. The summed E-state index contributed by atoms with van der Waals surface area (Å²) in [6.45, 7) is 19.3. The monoisotopic (exact) mass is 1550 g/mol. The molecule has 0 radical (unpaired) electrons. The smallest absolute Gasteiger partial charge is 0.294 e. The molecule has 10 N–H and O–H groups in total. The molecule has 108 heavy (non-hydrogen) atoms. The van der Waals surface area contributed by atoms with Crippen molar-refractivity contribution in [2.24, 2.45) is 0 Å². The molecule has 4 atom stereocenters. The van der Waals surface area contributed by atoms with Crippen LogP contribution in [0.1, 0.15) is 95.0 Å². The first-order valence-corrected chi connectivity index (χ1v) is 40.3. The molecular weight excluding hydrogens is 1460 g/mol. The van der Waals surface area contributed by atoms with Crippen LogP contribution in [0, 0.1) is 27.7 Å². The predicted octanol–water partition coefficient (Wildman–Crippen LogP) is 12.0. The second kappa shape index (κ2) is 35.9. The van der Waals surface area contributed by atoms with Crippen molar-refractivity contribution in [2.45, 2.75) is 99.4 Å². The van der Waals surface area contributed by atoms with E-state index in [-0.39, 0.29) is 19.6 Å². The summed E-state index contributed by atoms with van der Waals surface area (Å²) in [5, 5.41) is 40.7. The lowest BCUT2D eigenvalue weighted by Crippen LogP contribution is -2.28. The van der Waals surface area contributed by atoms with E-state index in [1.807, 2.05) is 27.7 Å². The third-order valence-corrected chi connectivity index (χ3v) is 20.7. The van der Waals surface area contributed by atoms with E-state index in [1.165, 1.54) is 48.5 Å². The number of hydrogen-bond acceptors (Lipinski definition) is 18. The number of benzene rings is 4. The van der Waals surface area contributed by atoms with Crippen LogP contribution >= 0.6 is 0 Å². The van der Waals surface area contributed by atoms with Gasteiger partial charge in [0.25, 0.3) is 40.5 Å². The molecule has 8 bridgehead atoms. The lowest BCUT2D eigenvalue weighted by atomic mass is 10.0. The average Bonchev–Trinajstić information content (AvgIpc) is 1.61. The Balaban J connectivity index is 0.000000242. The van der Waals surface area contributed by atoms with Gasteiger partial charge >= 0.3 is 0 Å². The number of aryl methyl sites for hydroxylation is 4. The molecule has 13 rings (SSSR count). The molecule has 0 saturated heterocycles. The van der Waals surface area contributed by atoms with E-state index in [1.54, 1.807) is 76.2 Å². The highest BCUT2D eigenvalue weighted by Gasteiger charge is 2.24. The van der Waals surface area contributed by atoms with Crippen LogP contribution in [0.5, 0.6) is 0 Å². The van der Waals surface area contributed by atoms with Crippen molar-refractivity contribution < 1.29 is 72.3 Å². The molecule has 6 aliphatic heterocycles. The Hall–Kier alpha value is -9.92. The molecule has 4 aromatic carbocycles. The van der Waals surface area contributed by atoms with Gasteiger partial charge in [0.15, 0.2) is 0 Å². The van der Waals surface area contributed by atoms with Crippen LogP contribution in [0.25, 0.3) is 68.7 Å². The number of fused-ring (bicyclic) bond motifs is 8. The minimum absolute atomic E-state index is 0.0666. The van der Waals surface area contributed by atoms with Gasteiger partial charge in [-0.15, -0.1) is 0 Å². The van der Waals surface area contributed by atoms with E-state index >= 15 is 0 Å². The summed E-state index contributed by atoms with van der Waals surface area (Å²) < 4.78 is 118. The zero-order valence-corrected chi connectivity index (χ0v) is 64.2. The fourth-order valence-corrected chi connectivity index (χ4v) is 13.9. The lowest BCUT2D eigenvalue weighted by Gasteiger charge is -2.24. The molecule has 24 nitrogen and oxygen atoms in total. The summed E-state index contributed by atoms with van der Waals surface area (Å²) in [6, 6.07) is 32.5. The maximum atomic E-state index is 10.5. The minimum atomic E-state index is -4.02. The first kappa shape index (κ1) is 82.1. The van der Waals surface area contributed by atoms with Crippen LogP contribution in [-0.4, -0.2) is 189 Å². The number of β-amino-alcohol motifs (C(OH)–C–C–N with tert-alkyl or cyclic N) is 4. The van der Waals surface area contributed by atoms with Crippen LogP contribution in [0.2, 0.25) is 0 Å². The highest BCUT2D eigenvalue weighted by molar-refractivity contribution is 7.86. The molecule has 0 saturated carbocycles. The zero-order valence-electron chi connectivity index (χ0n) is 60.9. The summed E-state index contributed by atoms with van der Waals surface area (Å²) in [5.41, 5.74) is 18.7. The van der Waals surface area contributed by atoms with Gasteiger partial charge in [0.2, 0.25) is 0 Å². The first-order valence-electron chi connectivity index (χ1n) is 34.5. The molecule has 7 aromatic rings. The lowest BCUT2D eigenvalue weighted by molar-refractivity contribution is 0.155. The molecule has 4 unspecified atom stereocenters. The molecule has 0 spiro atoms. The zero-order chi connectivity index (χ0) is 78.4. The van der Waals surface area contributed by atoms with E-state index in [2.05, 4.69) is 152 Å². The number of nitrogens with one attached hydrogen (secondary N) is 2. The van der Waals surface area contributed by atoms with Gasteiger partial charge in [-0.25, -0.2) is 9.97 Å². The second-order valence-electron chi connectivity index (χ2n) is 26.8. The number of aromatic amines is 2. The molecule has 0 fully saturated rings. The largest absolute Gasteiger partial charge is 0.392 e. The van der Waals surface area contributed by atoms with Gasteiger partial charge in [-0.05, 0) is 199 Å². The first-order chi connectivity index (χ1) is 50.9. The predicted molar refractivity (Wildman–Crippen MR) is 424 cm³/mol. The van der Waals surface area contributed by atoms with Gasteiger partial charge in [0.05, 0.1) is 66.8 Å². The van der Waals surface area contributed by atoms with E-state index in [4.69, 9.17) is 28.2 Å². The fourth-order valence-electron chi connectivity index (χ4n) is 12.0. The van der Waals surface area contributed by atoms with Crippen LogP contribution in [0.4, 0.5) is 0 Å². The Kier molecular flexibility index (Phi) is 27.3. The fraction of sp³-hybridized carbons (Fsp3) is 0.250. The highest BCUT2D eigenvalue weighted by atomic mass is 32.2. The molecule has 28 heteroatoms. The summed E-state index contributed by atoms with van der Waals surface area (Å²) in [5.74, 6) is 0. The maximum Gasteiger partial charge on any atom is 0.294 e. The van der Waals surface area contributed by atoms with E-state index in [0.29, 0.717) is 52.4 Å². The molecule has 3 aromatic heterocycles. The van der Waals surface area contributed by atoms with E-state index < -0.39 is 64.9 Å². The van der Waals surface area contributed by atoms with Crippen molar-refractivity contribution in [3.8, 4) is 0 Å². The van der Waals surface area contributed by atoms with Crippen molar-refractivity contribution in [3.63, 3.8) is 0 Å². The third-order valence-electron chi connectivity index (χ3n) is 17.2. The van der Waals surface area contributed by atoms with Crippen LogP contribution in [0.15, 0.2) is 214 Å². The summed E-state index contributed by atoms with van der Waals surface area (Å²) in [7, 11) is -16.1. The Morgan fingerprint density at radius 1 is 0.315 bits per heavy atom. The van der Waals surface area contributed by atoms with E-state index in [0.717, 1.165) is 112 Å². The Labute approximate surface area is 630 Å². The molecular formula is C80H90N8O16S4. The number of H-pyrrole nitrogens is 2. The van der Waals surface area contributed by atoms with Gasteiger partial charge in [-0.1, -0.05) is 95.1 Å².